The van der Waals surface area contributed by atoms with Gasteiger partial charge in [0.1, 0.15) is 5.75 Å². The lowest BCUT2D eigenvalue weighted by molar-refractivity contribution is -0.149. The summed E-state index contributed by atoms with van der Waals surface area (Å²) in [7, 11) is 1.49. The molecule has 0 aliphatic carbocycles. The molecule has 0 saturated heterocycles. The van der Waals surface area contributed by atoms with Gasteiger partial charge in [0, 0.05) is 17.8 Å². The molecular formula is C16H17BrN2O5. The maximum Gasteiger partial charge on any atom is 0.307 e. The minimum absolute atomic E-state index is 0.0151. The van der Waals surface area contributed by atoms with Crippen LogP contribution in [0.5, 0.6) is 5.75 Å². The van der Waals surface area contributed by atoms with Crippen molar-refractivity contribution in [2.75, 3.05) is 7.11 Å². The lowest BCUT2D eigenvalue weighted by Crippen LogP contribution is -2.12. The van der Waals surface area contributed by atoms with Gasteiger partial charge in [-0.05, 0) is 25.1 Å². The van der Waals surface area contributed by atoms with E-state index < -0.39 is 12.1 Å². The number of Topliss-reactive ketones (excluding diaryl/α,β-unsaturated/α-hetero) is 1. The molecule has 0 fully saturated rings. The molecule has 7 nitrogen and oxygen atoms in total. The van der Waals surface area contributed by atoms with Crippen LogP contribution in [0.2, 0.25) is 0 Å². The standard InChI is InChI=1S/C16H17BrN2O5/c1-9(16-19-18-10(2)24-16)23-15(21)7-5-13(20)12-8-11(17)4-6-14(12)22-3/h4,6,8-9H,5,7H2,1-3H3. The van der Waals surface area contributed by atoms with Crippen molar-refractivity contribution >= 4 is 27.7 Å². The Morgan fingerprint density at radius 2 is 2.04 bits per heavy atom. The number of benzene rings is 1. The molecule has 1 atom stereocenters. The average molecular weight is 397 g/mol. The SMILES string of the molecule is COc1ccc(Br)cc1C(=O)CCC(=O)OC(C)c1nnc(C)o1. The lowest BCUT2D eigenvalue weighted by atomic mass is 10.1. The zero-order chi connectivity index (χ0) is 17.7. The van der Waals surface area contributed by atoms with Gasteiger partial charge in [-0.1, -0.05) is 15.9 Å². The summed E-state index contributed by atoms with van der Waals surface area (Å²) < 4.78 is 16.3. The highest BCUT2D eigenvalue weighted by atomic mass is 79.9. The smallest absolute Gasteiger partial charge is 0.307 e. The second kappa shape index (κ2) is 8.05. The minimum atomic E-state index is -0.658. The van der Waals surface area contributed by atoms with Crippen LogP contribution in [-0.4, -0.2) is 29.1 Å². The number of aromatic nitrogens is 2. The predicted molar refractivity (Wildman–Crippen MR) is 87.8 cm³/mol. The van der Waals surface area contributed by atoms with Crippen LogP contribution in [0, 0.1) is 6.92 Å². The van der Waals surface area contributed by atoms with Crippen molar-refractivity contribution < 1.29 is 23.5 Å². The third kappa shape index (κ3) is 4.64. The van der Waals surface area contributed by atoms with Crippen molar-refractivity contribution in [1.82, 2.24) is 10.2 Å². The second-order valence-electron chi connectivity index (χ2n) is 5.06. The van der Waals surface area contributed by atoms with Crippen LogP contribution < -0.4 is 4.74 Å². The third-order valence-corrected chi connectivity index (χ3v) is 3.71. The Kier molecular flexibility index (Phi) is 6.08. The van der Waals surface area contributed by atoms with Crippen LogP contribution in [0.1, 0.15) is 48.0 Å². The molecule has 1 aromatic heterocycles. The highest BCUT2D eigenvalue weighted by Gasteiger charge is 2.19. The van der Waals surface area contributed by atoms with E-state index in [0.29, 0.717) is 17.2 Å². The number of carbonyl (C=O) groups excluding carboxylic acids is 2. The molecule has 0 bridgehead atoms. The molecule has 2 rings (SSSR count). The van der Waals surface area contributed by atoms with Gasteiger partial charge in [-0.2, -0.15) is 0 Å². The van der Waals surface area contributed by atoms with Crippen molar-refractivity contribution in [2.24, 2.45) is 0 Å². The maximum absolute atomic E-state index is 12.3. The molecule has 0 spiro atoms. The Balaban J connectivity index is 1.92. The molecule has 0 saturated carbocycles. The van der Waals surface area contributed by atoms with Crippen LogP contribution in [0.15, 0.2) is 27.1 Å². The average Bonchev–Trinajstić information content (AvgIpc) is 2.99. The molecule has 0 N–H and O–H groups in total. The van der Waals surface area contributed by atoms with Crippen molar-refractivity contribution in [2.45, 2.75) is 32.8 Å². The van der Waals surface area contributed by atoms with Crippen LogP contribution in [0.25, 0.3) is 0 Å². The van der Waals surface area contributed by atoms with Gasteiger partial charge in [-0.3, -0.25) is 9.59 Å². The summed E-state index contributed by atoms with van der Waals surface area (Å²) in [6.07, 6.45) is -0.693. The van der Waals surface area contributed by atoms with E-state index in [1.165, 1.54) is 7.11 Å². The van der Waals surface area contributed by atoms with Gasteiger partial charge in [-0.15, -0.1) is 10.2 Å². The molecule has 0 radical (unpaired) electrons. The molecule has 8 heteroatoms. The van der Waals surface area contributed by atoms with Crippen LogP contribution >= 0.6 is 15.9 Å². The van der Waals surface area contributed by atoms with Crippen LogP contribution in [-0.2, 0) is 9.53 Å². The second-order valence-corrected chi connectivity index (χ2v) is 5.97. The summed E-state index contributed by atoms with van der Waals surface area (Å²) in [5.74, 6) is 0.365. The van der Waals surface area contributed by atoms with Gasteiger partial charge in [0.2, 0.25) is 5.89 Å². The van der Waals surface area contributed by atoms with Crippen molar-refractivity contribution in [3.63, 3.8) is 0 Å². The van der Waals surface area contributed by atoms with E-state index in [4.69, 9.17) is 13.9 Å². The van der Waals surface area contributed by atoms with E-state index in [0.717, 1.165) is 4.47 Å². The fraction of sp³-hybridized carbons (Fsp3) is 0.375. The number of hydrogen-bond acceptors (Lipinski definition) is 7. The first-order chi connectivity index (χ1) is 11.4. The Labute approximate surface area is 147 Å². The van der Waals surface area contributed by atoms with E-state index in [1.54, 1.807) is 32.0 Å². The van der Waals surface area contributed by atoms with E-state index in [2.05, 4.69) is 26.1 Å². The van der Waals surface area contributed by atoms with Gasteiger partial charge in [-0.25, -0.2) is 0 Å². The van der Waals surface area contributed by atoms with Gasteiger partial charge in [0.05, 0.1) is 19.1 Å². The first kappa shape index (κ1) is 18.1. The Bertz CT molecular complexity index is 744. The monoisotopic (exact) mass is 396 g/mol. The van der Waals surface area contributed by atoms with Gasteiger partial charge >= 0.3 is 5.97 Å². The van der Waals surface area contributed by atoms with Gasteiger partial charge in [0.15, 0.2) is 11.9 Å². The number of hydrogen-bond donors (Lipinski definition) is 0. The van der Waals surface area contributed by atoms with Crippen LogP contribution in [0.3, 0.4) is 0 Å². The largest absolute Gasteiger partial charge is 0.496 e. The Morgan fingerprint density at radius 1 is 1.29 bits per heavy atom. The number of carbonyl (C=O) groups is 2. The molecule has 1 heterocycles. The number of ketones is 1. The number of ether oxygens (including phenoxy) is 2. The number of halogens is 1. The molecule has 0 aliphatic rings. The lowest BCUT2D eigenvalue weighted by Gasteiger charge is -2.10. The van der Waals surface area contributed by atoms with Crippen LogP contribution in [0.4, 0.5) is 0 Å². The highest BCUT2D eigenvalue weighted by molar-refractivity contribution is 9.10. The van der Waals surface area contributed by atoms with Gasteiger partial charge in [0.25, 0.3) is 5.89 Å². The topological polar surface area (TPSA) is 91.5 Å². The molecule has 1 unspecified atom stereocenters. The summed E-state index contributed by atoms with van der Waals surface area (Å²) in [5, 5.41) is 7.47. The van der Waals surface area contributed by atoms with Crippen molar-refractivity contribution in [1.29, 1.82) is 0 Å². The number of nitrogens with zero attached hydrogens (tertiary/aromatic N) is 2. The summed E-state index contributed by atoms with van der Waals surface area (Å²) in [4.78, 5) is 24.2. The Hall–Kier alpha value is -2.22. The number of esters is 1. The van der Waals surface area contributed by atoms with Gasteiger partial charge < -0.3 is 13.9 Å². The molecule has 0 aliphatic heterocycles. The molecule has 2 aromatic rings. The molecule has 128 valence electrons. The number of rotatable bonds is 7. The number of methoxy groups -OCH3 is 1. The zero-order valence-corrected chi connectivity index (χ0v) is 15.1. The van der Waals surface area contributed by atoms with Crippen molar-refractivity contribution in [3.05, 3.63) is 40.0 Å². The zero-order valence-electron chi connectivity index (χ0n) is 13.5. The first-order valence-corrected chi connectivity index (χ1v) is 8.06. The summed E-state index contributed by atoms with van der Waals surface area (Å²) in [5.41, 5.74) is 0.417. The fourth-order valence-electron chi connectivity index (χ4n) is 2.03. The van der Waals surface area contributed by atoms with E-state index in [-0.39, 0.29) is 24.5 Å². The summed E-state index contributed by atoms with van der Waals surface area (Å²) in [6.45, 7) is 3.28. The predicted octanol–water partition coefficient (Wildman–Crippen LogP) is 3.42. The number of aryl methyl sites for hydroxylation is 1. The minimum Gasteiger partial charge on any atom is -0.496 e. The molecular weight excluding hydrogens is 380 g/mol. The maximum atomic E-state index is 12.3. The highest BCUT2D eigenvalue weighted by Crippen LogP contribution is 2.25. The third-order valence-electron chi connectivity index (χ3n) is 3.22. The molecule has 24 heavy (non-hydrogen) atoms. The quantitative estimate of drug-likeness (QED) is 0.522. The fourth-order valence-corrected chi connectivity index (χ4v) is 2.39. The molecule has 1 aromatic carbocycles. The molecule has 0 amide bonds. The van der Waals surface area contributed by atoms with E-state index in [1.807, 2.05) is 0 Å². The van der Waals surface area contributed by atoms with E-state index in [9.17, 15) is 9.59 Å². The summed E-state index contributed by atoms with van der Waals surface area (Å²) >= 11 is 3.31. The normalized spacial score (nSPS) is 11.8. The van der Waals surface area contributed by atoms with Crippen molar-refractivity contribution in [3.8, 4) is 5.75 Å². The van der Waals surface area contributed by atoms with E-state index >= 15 is 0 Å². The Morgan fingerprint density at radius 3 is 2.67 bits per heavy atom. The summed E-state index contributed by atoms with van der Waals surface area (Å²) in [6, 6.07) is 5.13. The first-order valence-electron chi connectivity index (χ1n) is 7.27.